The number of alkyl halides is 2. The van der Waals surface area contributed by atoms with E-state index in [9.17, 15) is 18.7 Å². The number of carbonyl (C=O) groups excluding carboxylic acids is 1. The summed E-state index contributed by atoms with van der Waals surface area (Å²) in [6.07, 6.45) is -2.85. The van der Waals surface area contributed by atoms with E-state index in [1.807, 2.05) is 0 Å². The number of phenols is 1. The van der Waals surface area contributed by atoms with Crippen LogP contribution in [-0.4, -0.2) is 25.3 Å². The van der Waals surface area contributed by atoms with Gasteiger partial charge in [-0.1, -0.05) is 0 Å². The Labute approximate surface area is 90.4 Å². The maximum Gasteiger partial charge on any atom is 0.341 e. The SMILES string of the molecule is COC(=O)c1cc(O)c(C(F)F)cc1OC. The molecule has 1 aromatic rings. The van der Waals surface area contributed by atoms with Crippen molar-refractivity contribution < 1.29 is 28.2 Å². The minimum absolute atomic E-state index is 0.0695. The maximum atomic E-state index is 12.4. The number of benzene rings is 1. The molecular weight excluding hydrogens is 222 g/mol. The van der Waals surface area contributed by atoms with Gasteiger partial charge in [0.1, 0.15) is 17.1 Å². The van der Waals surface area contributed by atoms with Gasteiger partial charge >= 0.3 is 5.97 Å². The normalized spacial score (nSPS) is 10.3. The molecule has 0 amide bonds. The molecule has 1 N–H and O–H groups in total. The molecule has 0 unspecified atom stereocenters. The highest BCUT2D eigenvalue weighted by atomic mass is 19.3. The highest BCUT2D eigenvalue weighted by molar-refractivity contribution is 5.93. The van der Waals surface area contributed by atoms with Gasteiger partial charge in [-0.15, -0.1) is 0 Å². The third kappa shape index (κ3) is 2.21. The number of hydrogen-bond acceptors (Lipinski definition) is 4. The minimum atomic E-state index is -2.85. The summed E-state index contributed by atoms with van der Waals surface area (Å²) < 4.78 is 34.0. The number of rotatable bonds is 3. The van der Waals surface area contributed by atoms with Crippen LogP contribution in [0.5, 0.6) is 11.5 Å². The molecule has 16 heavy (non-hydrogen) atoms. The first kappa shape index (κ1) is 12.2. The summed E-state index contributed by atoms with van der Waals surface area (Å²) >= 11 is 0. The van der Waals surface area contributed by atoms with E-state index >= 15 is 0 Å². The standard InChI is InChI=1S/C10H10F2O4/c1-15-8-4-5(9(11)12)7(13)3-6(8)10(14)16-2/h3-4,9,13H,1-2H3. The van der Waals surface area contributed by atoms with Crippen molar-refractivity contribution in [2.45, 2.75) is 6.43 Å². The fraction of sp³-hybridized carbons (Fsp3) is 0.300. The predicted octanol–water partition coefficient (Wildman–Crippen LogP) is 2.12. The van der Waals surface area contributed by atoms with Gasteiger partial charge in [0, 0.05) is 0 Å². The first-order valence-corrected chi connectivity index (χ1v) is 4.28. The smallest absolute Gasteiger partial charge is 0.341 e. The van der Waals surface area contributed by atoms with Crippen LogP contribution in [0.25, 0.3) is 0 Å². The molecule has 0 aliphatic rings. The zero-order valence-electron chi connectivity index (χ0n) is 8.66. The molecule has 0 radical (unpaired) electrons. The largest absolute Gasteiger partial charge is 0.507 e. The topological polar surface area (TPSA) is 55.8 Å². The second-order valence-corrected chi connectivity index (χ2v) is 2.90. The highest BCUT2D eigenvalue weighted by Gasteiger charge is 2.20. The Morgan fingerprint density at radius 2 is 2.00 bits per heavy atom. The first-order chi connectivity index (χ1) is 7.51. The average molecular weight is 232 g/mol. The van der Waals surface area contributed by atoms with Crippen molar-refractivity contribution >= 4 is 5.97 Å². The highest BCUT2D eigenvalue weighted by Crippen LogP contribution is 2.34. The summed E-state index contributed by atoms with van der Waals surface area (Å²) in [6, 6.07) is 1.80. The second kappa shape index (κ2) is 4.78. The molecule has 0 aromatic heterocycles. The number of phenolic OH excluding ortho intramolecular Hbond substituents is 1. The average Bonchev–Trinajstić information content (AvgIpc) is 2.27. The number of halogens is 2. The summed E-state index contributed by atoms with van der Waals surface area (Å²) in [7, 11) is 2.37. The van der Waals surface area contributed by atoms with Gasteiger partial charge in [-0.05, 0) is 12.1 Å². The molecule has 1 aromatic carbocycles. The lowest BCUT2D eigenvalue weighted by Crippen LogP contribution is -2.05. The number of ether oxygens (including phenoxy) is 2. The van der Waals surface area contributed by atoms with Crippen LogP contribution in [0.2, 0.25) is 0 Å². The molecule has 0 bridgehead atoms. The molecule has 4 nitrogen and oxygen atoms in total. The molecule has 0 spiro atoms. The second-order valence-electron chi connectivity index (χ2n) is 2.90. The van der Waals surface area contributed by atoms with E-state index in [1.165, 1.54) is 7.11 Å². The number of methoxy groups -OCH3 is 2. The molecule has 88 valence electrons. The van der Waals surface area contributed by atoms with Gasteiger partial charge in [0.05, 0.1) is 19.8 Å². The Bertz CT molecular complexity index is 404. The van der Waals surface area contributed by atoms with Crippen molar-refractivity contribution in [3.05, 3.63) is 23.3 Å². The maximum absolute atomic E-state index is 12.4. The summed E-state index contributed by atoms with van der Waals surface area (Å²) in [4.78, 5) is 11.2. The lowest BCUT2D eigenvalue weighted by molar-refractivity contribution is 0.0596. The number of carbonyl (C=O) groups is 1. The quantitative estimate of drug-likeness (QED) is 0.811. The molecule has 0 fully saturated rings. The summed E-state index contributed by atoms with van der Waals surface area (Å²) in [5.74, 6) is -1.51. The van der Waals surface area contributed by atoms with Crippen LogP contribution in [0.3, 0.4) is 0 Å². The Morgan fingerprint density at radius 1 is 1.38 bits per heavy atom. The molecule has 0 aliphatic carbocycles. The van der Waals surface area contributed by atoms with Crippen molar-refractivity contribution in [1.82, 2.24) is 0 Å². The first-order valence-electron chi connectivity index (χ1n) is 4.28. The van der Waals surface area contributed by atoms with E-state index in [-0.39, 0.29) is 11.3 Å². The third-order valence-electron chi connectivity index (χ3n) is 1.99. The number of esters is 1. The van der Waals surface area contributed by atoms with E-state index in [4.69, 9.17) is 4.74 Å². The zero-order valence-corrected chi connectivity index (χ0v) is 8.66. The fourth-order valence-electron chi connectivity index (χ4n) is 1.20. The van der Waals surface area contributed by atoms with Crippen molar-refractivity contribution in [3.8, 4) is 11.5 Å². The molecule has 0 atom stereocenters. The van der Waals surface area contributed by atoms with E-state index < -0.39 is 23.7 Å². The number of aromatic hydroxyl groups is 1. The predicted molar refractivity (Wildman–Crippen MR) is 51.0 cm³/mol. The van der Waals surface area contributed by atoms with Crippen LogP contribution in [0.1, 0.15) is 22.3 Å². The molecule has 0 aliphatic heterocycles. The van der Waals surface area contributed by atoms with Crippen molar-refractivity contribution in [2.24, 2.45) is 0 Å². The van der Waals surface area contributed by atoms with Crippen molar-refractivity contribution in [3.63, 3.8) is 0 Å². The van der Waals surface area contributed by atoms with Gasteiger partial charge in [0.2, 0.25) is 0 Å². The molecular formula is C10H10F2O4. The summed E-state index contributed by atoms with van der Waals surface area (Å²) in [5.41, 5.74) is -0.698. The van der Waals surface area contributed by atoms with Crippen LogP contribution in [0, 0.1) is 0 Å². The zero-order chi connectivity index (χ0) is 12.3. The molecule has 0 heterocycles. The van der Waals surface area contributed by atoms with E-state index in [0.717, 1.165) is 19.2 Å². The van der Waals surface area contributed by atoms with Gasteiger partial charge in [-0.3, -0.25) is 0 Å². The van der Waals surface area contributed by atoms with Gasteiger partial charge in [0.15, 0.2) is 0 Å². The van der Waals surface area contributed by atoms with E-state index in [1.54, 1.807) is 0 Å². The van der Waals surface area contributed by atoms with Crippen LogP contribution in [0.15, 0.2) is 12.1 Å². The third-order valence-corrected chi connectivity index (χ3v) is 1.99. The monoisotopic (exact) mass is 232 g/mol. The lowest BCUT2D eigenvalue weighted by atomic mass is 10.1. The minimum Gasteiger partial charge on any atom is -0.507 e. The van der Waals surface area contributed by atoms with Gasteiger partial charge in [0.25, 0.3) is 6.43 Å². The Morgan fingerprint density at radius 3 is 2.44 bits per heavy atom. The number of hydrogen-bond donors (Lipinski definition) is 1. The fourth-order valence-corrected chi connectivity index (χ4v) is 1.20. The molecule has 1 rings (SSSR count). The Balaban J connectivity index is 3.32. The lowest BCUT2D eigenvalue weighted by Gasteiger charge is -2.10. The van der Waals surface area contributed by atoms with E-state index in [2.05, 4.69) is 4.74 Å². The van der Waals surface area contributed by atoms with Crippen LogP contribution >= 0.6 is 0 Å². The van der Waals surface area contributed by atoms with Crippen LogP contribution in [-0.2, 0) is 4.74 Å². The van der Waals surface area contributed by atoms with E-state index in [0.29, 0.717) is 0 Å². The Kier molecular flexibility index (Phi) is 3.65. The van der Waals surface area contributed by atoms with Crippen LogP contribution < -0.4 is 4.74 Å². The summed E-state index contributed by atoms with van der Waals surface area (Å²) in [6.45, 7) is 0. The molecule has 0 saturated heterocycles. The van der Waals surface area contributed by atoms with Crippen molar-refractivity contribution in [1.29, 1.82) is 0 Å². The van der Waals surface area contributed by atoms with Gasteiger partial charge in [-0.2, -0.15) is 0 Å². The molecule has 0 saturated carbocycles. The Hall–Kier alpha value is -1.85. The van der Waals surface area contributed by atoms with Crippen molar-refractivity contribution in [2.75, 3.05) is 14.2 Å². The summed E-state index contributed by atoms with van der Waals surface area (Å²) in [5, 5.41) is 9.28. The van der Waals surface area contributed by atoms with Crippen LogP contribution in [0.4, 0.5) is 8.78 Å². The molecule has 6 heteroatoms. The van der Waals surface area contributed by atoms with Gasteiger partial charge < -0.3 is 14.6 Å². The van der Waals surface area contributed by atoms with Gasteiger partial charge in [-0.25, -0.2) is 13.6 Å².